The second-order valence-corrected chi connectivity index (χ2v) is 5.00. The van der Waals surface area contributed by atoms with Crippen LogP contribution in [0.25, 0.3) is 12.2 Å². The van der Waals surface area contributed by atoms with E-state index in [0.29, 0.717) is 14.8 Å². The third-order valence-electron chi connectivity index (χ3n) is 2.63. The second-order valence-electron chi connectivity index (χ2n) is 3.94. The molecule has 0 amide bonds. The van der Waals surface area contributed by atoms with E-state index in [2.05, 4.69) is 0 Å². The average molecular weight is 287 g/mol. The topological polar surface area (TPSA) is 88.9 Å². The minimum absolute atomic E-state index is 0.0315. The molecule has 0 aliphatic heterocycles. The van der Waals surface area contributed by atoms with Crippen molar-refractivity contribution in [2.45, 2.75) is 0 Å². The Morgan fingerprint density at radius 2 is 2.25 bits per heavy atom. The second kappa shape index (κ2) is 5.50. The minimum Gasteiger partial charge on any atom is -0.301 e. The molecule has 1 aromatic heterocycles. The Morgan fingerprint density at radius 3 is 2.90 bits per heavy atom. The van der Waals surface area contributed by atoms with Gasteiger partial charge in [0, 0.05) is 25.3 Å². The fourth-order valence-electron chi connectivity index (χ4n) is 1.64. The lowest BCUT2D eigenvalue weighted by Gasteiger charge is -1.92. The standard InChI is InChI=1S/C13H9N3O3S/c1-15-12(5-6-14)20-11(13(15)17)8-9-3-2-4-10(7-9)16(18)19/h2-5,7-8H,1H3/b11-8+,12-5-. The molecular weight excluding hydrogens is 278 g/mol. The number of rotatable bonds is 2. The molecule has 0 atom stereocenters. The molecule has 0 fully saturated rings. The van der Waals surface area contributed by atoms with Crippen molar-refractivity contribution in [1.82, 2.24) is 4.57 Å². The molecular formula is C13H9N3O3S. The van der Waals surface area contributed by atoms with Gasteiger partial charge in [-0.25, -0.2) is 0 Å². The zero-order chi connectivity index (χ0) is 14.7. The summed E-state index contributed by atoms with van der Waals surface area (Å²) < 4.78 is 2.33. The molecule has 0 radical (unpaired) electrons. The first-order valence-corrected chi connectivity index (χ1v) is 6.36. The maximum absolute atomic E-state index is 12.0. The van der Waals surface area contributed by atoms with Gasteiger partial charge in [0.1, 0.15) is 4.66 Å². The van der Waals surface area contributed by atoms with Gasteiger partial charge in [-0.1, -0.05) is 12.1 Å². The largest absolute Gasteiger partial charge is 0.301 e. The van der Waals surface area contributed by atoms with Crippen LogP contribution < -0.4 is 14.8 Å². The quantitative estimate of drug-likeness (QED) is 0.594. The van der Waals surface area contributed by atoms with E-state index in [9.17, 15) is 14.9 Å². The van der Waals surface area contributed by atoms with Gasteiger partial charge >= 0.3 is 0 Å². The van der Waals surface area contributed by atoms with Gasteiger partial charge < -0.3 is 4.57 Å². The molecule has 2 aromatic rings. The molecule has 0 unspecified atom stereocenters. The van der Waals surface area contributed by atoms with Crippen molar-refractivity contribution in [2.24, 2.45) is 7.05 Å². The molecule has 20 heavy (non-hydrogen) atoms. The van der Waals surface area contributed by atoms with Crippen molar-refractivity contribution in [2.75, 3.05) is 0 Å². The summed E-state index contributed by atoms with van der Waals surface area (Å²) in [5.41, 5.74) is 0.306. The summed E-state index contributed by atoms with van der Waals surface area (Å²) in [4.78, 5) is 22.2. The van der Waals surface area contributed by atoms with Gasteiger partial charge in [-0.2, -0.15) is 5.26 Å². The Balaban J connectivity index is 2.63. The van der Waals surface area contributed by atoms with Crippen LogP contribution in [0.3, 0.4) is 0 Å². The SMILES string of the molecule is Cn1c(=O)/c(=C\c2cccc([N+](=O)[O-])c2)s/c1=C\C#N. The summed E-state index contributed by atoms with van der Waals surface area (Å²) in [6.07, 6.45) is 2.87. The maximum Gasteiger partial charge on any atom is 0.270 e. The number of non-ortho nitro benzene ring substituents is 1. The molecule has 0 bridgehead atoms. The molecule has 6 nitrogen and oxygen atoms in total. The molecule has 2 rings (SSSR count). The van der Waals surface area contributed by atoms with E-state index in [1.54, 1.807) is 25.3 Å². The number of hydrogen-bond donors (Lipinski definition) is 0. The molecule has 1 aromatic carbocycles. The maximum atomic E-state index is 12.0. The Hall–Kier alpha value is -2.72. The lowest BCUT2D eigenvalue weighted by Crippen LogP contribution is -2.28. The van der Waals surface area contributed by atoms with E-state index in [0.717, 1.165) is 0 Å². The number of nitro benzene ring substituents is 1. The third kappa shape index (κ3) is 2.65. The number of aromatic nitrogens is 1. The van der Waals surface area contributed by atoms with Crippen LogP contribution in [0, 0.1) is 21.4 Å². The van der Waals surface area contributed by atoms with Crippen LogP contribution in [0.2, 0.25) is 0 Å². The van der Waals surface area contributed by atoms with Crippen molar-refractivity contribution in [1.29, 1.82) is 5.26 Å². The normalized spacial score (nSPS) is 12.4. The van der Waals surface area contributed by atoms with Crippen molar-refractivity contribution in [3.05, 3.63) is 59.5 Å². The first-order valence-electron chi connectivity index (χ1n) is 5.55. The zero-order valence-corrected chi connectivity index (χ0v) is 11.3. The van der Waals surface area contributed by atoms with Crippen LogP contribution >= 0.6 is 11.3 Å². The van der Waals surface area contributed by atoms with Crippen LogP contribution in [-0.2, 0) is 7.05 Å². The number of benzene rings is 1. The van der Waals surface area contributed by atoms with Crippen LogP contribution in [0.15, 0.2) is 29.1 Å². The van der Waals surface area contributed by atoms with Gasteiger partial charge in [0.2, 0.25) is 0 Å². The van der Waals surface area contributed by atoms with Crippen LogP contribution in [-0.4, -0.2) is 9.49 Å². The molecule has 0 saturated carbocycles. The highest BCUT2D eigenvalue weighted by Gasteiger charge is 2.05. The summed E-state index contributed by atoms with van der Waals surface area (Å²) >= 11 is 1.17. The van der Waals surface area contributed by atoms with Gasteiger partial charge in [0.25, 0.3) is 11.2 Å². The smallest absolute Gasteiger partial charge is 0.270 e. The summed E-state index contributed by atoms with van der Waals surface area (Å²) in [7, 11) is 1.58. The third-order valence-corrected chi connectivity index (χ3v) is 3.74. The molecule has 0 aliphatic rings. The number of nitriles is 1. The van der Waals surface area contributed by atoms with E-state index < -0.39 is 4.92 Å². The number of nitrogens with zero attached hydrogens (tertiary/aromatic N) is 3. The number of hydrogen-bond acceptors (Lipinski definition) is 5. The van der Waals surface area contributed by atoms with E-state index in [-0.39, 0.29) is 11.2 Å². The first-order chi connectivity index (χ1) is 9.52. The van der Waals surface area contributed by atoms with E-state index >= 15 is 0 Å². The van der Waals surface area contributed by atoms with Crippen molar-refractivity contribution in [3.8, 4) is 6.07 Å². The molecule has 0 spiro atoms. The van der Waals surface area contributed by atoms with Gasteiger partial charge in [0.15, 0.2) is 0 Å². The fourth-order valence-corrected chi connectivity index (χ4v) is 2.62. The summed E-state index contributed by atoms with van der Waals surface area (Å²) in [5.74, 6) is 0. The van der Waals surface area contributed by atoms with Crippen molar-refractivity contribution < 1.29 is 4.92 Å². The van der Waals surface area contributed by atoms with Crippen LogP contribution in [0.4, 0.5) is 5.69 Å². The van der Waals surface area contributed by atoms with E-state index in [4.69, 9.17) is 5.26 Å². The molecule has 100 valence electrons. The van der Waals surface area contributed by atoms with Gasteiger partial charge in [-0.3, -0.25) is 14.9 Å². The van der Waals surface area contributed by atoms with Crippen molar-refractivity contribution in [3.63, 3.8) is 0 Å². The zero-order valence-electron chi connectivity index (χ0n) is 10.4. The first kappa shape index (κ1) is 13.7. The highest BCUT2D eigenvalue weighted by atomic mass is 32.1. The van der Waals surface area contributed by atoms with E-state index in [1.165, 1.54) is 34.1 Å². The molecule has 1 heterocycles. The summed E-state index contributed by atoms with van der Waals surface area (Å²) in [6.45, 7) is 0. The Morgan fingerprint density at radius 1 is 1.50 bits per heavy atom. The molecule has 0 saturated heterocycles. The van der Waals surface area contributed by atoms with Gasteiger partial charge in [-0.05, 0) is 11.6 Å². The summed E-state index contributed by atoms with van der Waals surface area (Å²) in [5, 5.41) is 19.3. The highest BCUT2D eigenvalue weighted by molar-refractivity contribution is 7.07. The number of nitro groups is 1. The number of thiazole rings is 1. The highest BCUT2D eigenvalue weighted by Crippen LogP contribution is 2.13. The van der Waals surface area contributed by atoms with Gasteiger partial charge in [0.05, 0.1) is 15.5 Å². The molecule has 0 N–H and O–H groups in total. The van der Waals surface area contributed by atoms with Gasteiger partial charge in [-0.15, -0.1) is 11.3 Å². The predicted octanol–water partition coefficient (Wildman–Crippen LogP) is 0.488. The molecule has 0 aliphatic carbocycles. The van der Waals surface area contributed by atoms with E-state index in [1.807, 2.05) is 6.07 Å². The van der Waals surface area contributed by atoms with Crippen LogP contribution in [0.1, 0.15) is 5.56 Å². The van der Waals surface area contributed by atoms with Crippen LogP contribution in [0.5, 0.6) is 0 Å². The lowest BCUT2D eigenvalue weighted by molar-refractivity contribution is -0.384. The minimum atomic E-state index is -0.487. The monoisotopic (exact) mass is 287 g/mol. The lowest BCUT2D eigenvalue weighted by atomic mass is 10.2. The van der Waals surface area contributed by atoms with Crippen molar-refractivity contribution >= 4 is 29.2 Å². The predicted molar refractivity (Wildman–Crippen MR) is 75.6 cm³/mol. The molecule has 7 heteroatoms. The Labute approximate surface area is 117 Å². The fraction of sp³-hybridized carbons (Fsp3) is 0.0769. The average Bonchev–Trinajstić information content (AvgIpc) is 2.68. The Bertz CT molecular complexity index is 887. The summed E-state index contributed by atoms with van der Waals surface area (Å²) in [6, 6.07) is 7.90. The Kier molecular flexibility index (Phi) is 3.77.